The second-order valence-corrected chi connectivity index (χ2v) is 5.51. The molecule has 1 amide bonds. The molecule has 1 heterocycles. The standard InChI is InChI=1S/C14H26ClNO2/c1-3-4-5-12(2)14(17)16-9-6-13(7-10-16)18-11-8-15/h12-13H,3-11H2,1-2H3. The van der Waals surface area contributed by atoms with Gasteiger partial charge in [0.2, 0.25) is 5.91 Å². The maximum Gasteiger partial charge on any atom is 0.225 e. The van der Waals surface area contributed by atoms with E-state index in [9.17, 15) is 4.79 Å². The molecule has 0 N–H and O–H groups in total. The molecule has 3 nitrogen and oxygen atoms in total. The fraction of sp³-hybridized carbons (Fsp3) is 0.929. The second kappa shape index (κ2) is 8.76. The molecule has 0 saturated carbocycles. The van der Waals surface area contributed by atoms with Gasteiger partial charge in [-0.25, -0.2) is 0 Å². The molecule has 18 heavy (non-hydrogen) atoms. The van der Waals surface area contributed by atoms with Crippen molar-refractivity contribution in [2.24, 2.45) is 5.92 Å². The molecule has 0 aromatic rings. The van der Waals surface area contributed by atoms with Crippen molar-refractivity contribution >= 4 is 17.5 Å². The maximum absolute atomic E-state index is 12.2. The number of ether oxygens (including phenoxy) is 1. The van der Waals surface area contributed by atoms with Crippen LogP contribution in [0.4, 0.5) is 0 Å². The number of hydrogen-bond acceptors (Lipinski definition) is 2. The number of carbonyl (C=O) groups excluding carboxylic acids is 1. The zero-order valence-corrected chi connectivity index (χ0v) is 12.4. The summed E-state index contributed by atoms with van der Waals surface area (Å²) in [5.74, 6) is 1.04. The first-order valence-electron chi connectivity index (χ1n) is 7.15. The SMILES string of the molecule is CCCCC(C)C(=O)N1CCC(OCCCl)CC1. The average molecular weight is 276 g/mol. The van der Waals surface area contributed by atoms with Gasteiger partial charge in [-0.05, 0) is 19.3 Å². The van der Waals surface area contributed by atoms with Gasteiger partial charge < -0.3 is 9.64 Å². The van der Waals surface area contributed by atoms with Gasteiger partial charge in [-0.15, -0.1) is 11.6 Å². The van der Waals surface area contributed by atoms with Gasteiger partial charge in [-0.2, -0.15) is 0 Å². The van der Waals surface area contributed by atoms with Gasteiger partial charge in [0.05, 0.1) is 12.7 Å². The lowest BCUT2D eigenvalue weighted by Crippen LogP contribution is -2.43. The number of halogens is 1. The van der Waals surface area contributed by atoms with Crippen LogP contribution >= 0.6 is 11.6 Å². The summed E-state index contributed by atoms with van der Waals surface area (Å²) < 4.78 is 5.62. The lowest BCUT2D eigenvalue weighted by molar-refractivity contribution is -0.137. The second-order valence-electron chi connectivity index (χ2n) is 5.13. The highest BCUT2D eigenvalue weighted by Gasteiger charge is 2.25. The van der Waals surface area contributed by atoms with Gasteiger partial charge in [0.25, 0.3) is 0 Å². The van der Waals surface area contributed by atoms with Gasteiger partial charge in [-0.1, -0.05) is 26.7 Å². The first-order valence-corrected chi connectivity index (χ1v) is 7.68. The Bertz CT molecular complexity index is 240. The molecule has 0 radical (unpaired) electrons. The number of rotatable bonds is 7. The molecule has 1 aliphatic rings. The molecular formula is C14H26ClNO2. The highest BCUT2D eigenvalue weighted by molar-refractivity contribution is 6.17. The molecule has 1 rings (SSSR count). The van der Waals surface area contributed by atoms with E-state index in [1.54, 1.807) is 0 Å². The summed E-state index contributed by atoms with van der Waals surface area (Å²) in [6.45, 7) is 6.50. The van der Waals surface area contributed by atoms with Crippen LogP contribution in [0.5, 0.6) is 0 Å². The summed E-state index contributed by atoms with van der Waals surface area (Å²) >= 11 is 5.60. The number of amides is 1. The molecule has 0 spiro atoms. The van der Waals surface area contributed by atoms with Crippen LogP contribution in [0, 0.1) is 5.92 Å². The third-order valence-electron chi connectivity index (χ3n) is 3.60. The summed E-state index contributed by atoms with van der Waals surface area (Å²) in [7, 11) is 0. The minimum absolute atomic E-state index is 0.172. The Morgan fingerprint density at radius 1 is 1.44 bits per heavy atom. The number of unbranched alkanes of at least 4 members (excludes halogenated alkanes) is 1. The van der Waals surface area contributed by atoms with Gasteiger partial charge in [0, 0.05) is 24.9 Å². The quantitative estimate of drug-likeness (QED) is 0.669. The van der Waals surface area contributed by atoms with Crippen molar-refractivity contribution < 1.29 is 9.53 Å². The fourth-order valence-corrected chi connectivity index (χ4v) is 2.49. The molecule has 1 aliphatic heterocycles. The number of carbonyl (C=O) groups is 1. The Morgan fingerprint density at radius 2 is 2.11 bits per heavy atom. The van der Waals surface area contributed by atoms with E-state index >= 15 is 0 Å². The van der Waals surface area contributed by atoms with Crippen LogP contribution in [0.3, 0.4) is 0 Å². The van der Waals surface area contributed by atoms with Crippen LogP contribution in [0.25, 0.3) is 0 Å². The van der Waals surface area contributed by atoms with E-state index in [4.69, 9.17) is 16.3 Å². The highest BCUT2D eigenvalue weighted by atomic mass is 35.5. The minimum atomic E-state index is 0.172. The van der Waals surface area contributed by atoms with Crippen molar-refractivity contribution in [2.75, 3.05) is 25.6 Å². The summed E-state index contributed by atoms with van der Waals surface area (Å²) in [6, 6.07) is 0. The highest BCUT2D eigenvalue weighted by Crippen LogP contribution is 2.18. The van der Waals surface area contributed by atoms with Gasteiger partial charge in [0.15, 0.2) is 0 Å². The molecule has 1 fully saturated rings. The van der Waals surface area contributed by atoms with Crippen molar-refractivity contribution in [3.63, 3.8) is 0 Å². The van der Waals surface area contributed by atoms with E-state index < -0.39 is 0 Å². The van der Waals surface area contributed by atoms with Gasteiger partial charge >= 0.3 is 0 Å². The lowest BCUT2D eigenvalue weighted by Gasteiger charge is -2.33. The Labute approximate surface area is 116 Å². The average Bonchev–Trinajstić information content (AvgIpc) is 2.42. The van der Waals surface area contributed by atoms with Crippen LogP contribution < -0.4 is 0 Å². The zero-order valence-electron chi connectivity index (χ0n) is 11.7. The Morgan fingerprint density at radius 3 is 2.67 bits per heavy atom. The fourth-order valence-electron chi connectivity index (χ4n) is 2.40. The molecule has 1 saturated heterocycles. The van der Waals surface area contributed by atoms with Crippen LogP contribution in [0.15, 0.2) is 0 Å². The maximum atomic E-state index is 12.2. The molecule has 1 atom stereocenters. The Balaban J connectivity index is 2.26. The third kappa shape index (κ3) is 5.15. The molecule has 1 unspecified atom stereocenters. The largest absolute Gasteiger partial charge is 0.377 e. The number of hydrogen-bond donors (Lipinski definition) is 0. The van der Waals surface area contributed by atoms with E-state index in [2.05, 4.69) is 6.92 Å². The number of alkyl halides is 1. The first-order chi connectivity index (χ1) is 8.69. The molecule has 0 bridgehead atoms. The minimum Gasteiger partial charge on any atom is -0.377 e. The molecule has 0 aliphatic carbocycles. The van der Waals surface area contributed by atoms with Crippen molar-refractivity contribution in [1.82, 2.24) is 4.90 Å². The van der Waals surface area contributed by atoms with Crippen molar-refractivity contribution in [3.05, 3.63) is 0 Å². The van der Waals surface area contributed by atoms with E-state index in [-0.39, 0.29) is 5.92 Å². The van der Waals surface area contributed by atoms with Crippen LogP contribution in [0.2, 0.25) is 0 Å². The summed E-state index contributed by atoms with van der Waals surface area (Å²) in [5.41, 5.74) is 0. The topological polar surface area (TPSA) is 29.5 Å². The first kappa shape index (κ1) is 15.8. The predicted molar refractivity (Wildman–Crippen MR) is 75.0 cm³/mol. The number of nitrogens with zero attached hydrogens (tertiary/aromatic N) is 1. The normalized spacial score (nSPS) is 18.9. The van der Waals surface area contributed by atoms with Gasteiger partial charge in [0.1, 0.15) is 0 Å². The summed E-state index contributed by atoms with van der Waals surface area (Å²) in [6.07, 6.45) is 5.50. The van der Waals surface area contributed by atoms with Crippen LogP contribution in [0.1, 0.15) is 46.0 Å². The number of piperidine rings is 1. The molecular weight excluding hydrogens is 250 g/mol. The smallest absolute Gasteiger partial charge is 0.225 e. The Kier molecular flexibility index (Phi) is 7.68. The van der Waals surface area contributed by atoms with E-state index in [1.807, 2.05) is 11.8 Å². The monoisotopic (exact) mass is 275 g/mol. The number of likely N-dealkylation sites (tertiary alicyclic amines) is 1. The summed E-state index contributed by atoms with van der Waals surface area (Å²) in [4.78, 5) is 14.2. The van der Waals surface area contributed by atoms with Crippen molar-refractivity contribution in [2.45, 2.75) is 52.1 Å². The van der Waals surface area contributed by atoms with Crippen molar-refractivity contribution in [1.29, 1.82) is 0 Å². The zero-order chi connectivity index (χ0) is 13.4. The predicted octanol–water partition coefficient (Wildman–Crippen LogP) is 3.06. The molecule has 0 aromatic heterocycles. The van der Waals surface area contributed by atoms with Gasteiger partial charge in [-0.3, -0.25) is 4.79 Å². The lowest BCUT2D eigenvalue weighted by atomic mass is 10.0. The molecule has 106 valence electrons. The van der Waals surface area contributed by atoms with Crippen LogP contribution in [-0.2, 0) is 9.53 Å². The van der Waals surface area contributed by atoms with E-state index in [0.717, 1.165) is 45.2 Å². The molecule has 0 aromatic carbocycles. The molecule has 4 heteroatoms. The van der Waals surface area contributed by atoms with Crippen LogP contribution in [-0.4, -0.2) is 42.5 Å². The third-order valence-corrected chi connectivity index (χ3v) is 3.75. The summed E-state index contributed by atoms with van der Waals surface area (Å²) in [5, 5.41) is 0. The van der Waals surface area contributed by atoms with E-state index in [0.29, 0.717) is 24.5 Å². The van der Waals surface area contributed by atoms with E-state index in [1.165, 1.54) is 0 Å². The Hall–Kier alpha value is -0.280. The van der Waals surface area contributed by atoms with Crippen molar-refractivity contribution in [3.8, 4) is 0 Å².